The first-order valence-electron chi connectivity index (χ1n) is 7.41. The molecular formula is C15H22N2O3. The van der Waals surface area contributed by atoms with Crippen LogP contribution >= 0.6 is 0 Å². The zero-order valence-electron chi connectivity index (χ0n) is 11.7. The summed E-state index contributed by atoms with van der Waals surface area (Å²) in [6.45, 7) is 2.98. The minimum atomic E-state index is -0.261. The molecule has 1 aromatic rings. The molecule has 5 heteroatoms. The van der Waals surface area contributed by atoms with E-state index in [1.165, 1.54) is 0 Å². The Morgan fingerprint density at radius 1 is 1.25 bits per heavy atom. The first kappa shape index (κ1) is 13.8. The Hall–Kier alpha value is -1.17. The van der Waals surface area contributed by atoms with Gasteiger partial charge in [-0.1, -0.05) is 6.07 Å². The molecule has 2 heterocycles. The quantitative estimate of drug-likeness (QED) is 0.831. The van der Waals surface area contributed by atoms with E-state index >= 15 is 0 Å². The fourth-order valence-corrected chi connectivity index (χ4v) is 2.90. The molecule has 2 aliphatic rings. The van der Waals surface area contributed by atoms with Crippen molar-refractivity contribution in [3.8, 4) is 5.88 Å². The lowest BCUT2D eigenvalue weighted by Crippen LogP contribution is -2.43. The number of hydrogen-bond acceptors (Lipinski definition) is 5. The van der Waals surface area contributed by atoms with E-state index in [0.29, 0.717) is 18.5 Å². The average Bonchev–Trinajstić information content (AvgIpc) is 2.95. The zero-order valence-corrected chi connectivity index (χ0v) is 11.7. The highest BCUT2D eigenvalue weighted by Gasteiger charge is 2.39. The second kappa shape index (κ2) is 6.52. The topological polar surface area (TPSA) is 52.6 Å². The first-order valence-corrected chi connectivity index (χ1v) is 7.41. The van der Waals surface area contributed by atoms with E-state index in [0.717, 1.165) is 45.4 Å². The van der Waals surface area contributed by atoms with E-state index in [1.807, 2.05) is 18.2 Å². The van der Waals surface area contributed by atoms with Gasteiger partial charge in [0, 0.05) is 37.7 Å². The smallest absolute Gasteiger partial charge is 0.213 e. The Labute approximate surface area is 119 Å². The minimum Gasteiger partial charge on any atom is -0.476 e. The second-order valence-corrected chi connectivity index (χ2v) is 5.35. The second-order valence-electron chi connectivity index (χ2n) is 5.35. The number of rotatable bonds is 5. The maximum Gasteiger partial charge on any atom is 0.213 e. The summed E-state index contributed by atoms with van der Waals surface area (Å²) < 4.78 is 17.0. The lowest BCUT2D eigenvalue weighted by atomic mass is 9.90. The molecule has 1 aliphatic heterocycles. The number of pyridine rings is 1. The molecule has 1 N–H and O–H groups in total. The normalized spacial score (nSPS) is 22.2. The SMILES string of the molecule is c1ccc(OCCNC2CCC3(CC2)OCCO3)nc1. The molecule has 5 nitrogen and oxygen atoms in total. The lowest BCUT2D eigenvalue weighted by molar-refractivity contribution is -0.179. The molecule has 0 atom stereocenters. The third-order valence-electron chi connectivity index (χ3n) is 3.98. The molecule has 1 saturated carbocycles. The minimum absolute atomic E-state index is 0.261. The third-order valence-corrected chi connectivity index (χ3v) is 3.98. The maximum absolute atomic E-state index is 5.73. The highest BCUT2D eigenvalue weighted by atomic mass is 16.7. The molecule has 1 spiro atoms. The molecule has 1 aliphatic carbocycles. The van der Waals surface area contributed by atoms with Crippen molar-refractivity contribution < 1.29 is 14.2 Å². The summed E-state index contributed by atoms with van der Waals surface area (Å²) in [7, 11) is 0. The monoisotopic (exact) mass is 278 g/mol. The van der Waals surface area contributed by atoms with Crippen molar-refractivity contribution in [2.45, 2.75) is 37.5 Å². The van der Waals surface area contributed by atoms with Gasteiger partial charge < -0.3 is 19.5 Å². The van der Waals surface area contributed by atoms with Crippen LogP contribution in [0.5, 0.6) is 5.88 Å². The molecule has 0 aromatic carbocycles. The van der Waals surface area contributed by atoms with E-state index in [1.54, 1.807) is 6.20 Å². The van der Waals surface area contributed by atoms with Crippen LogP contribution in [0.2, 0.25) is 0 Å². The summed E-state index contributed by atoms with van der Waals surface area (Å²) in [5.74, 6) is 0.424. The Balaban J connectivity index is 1.32. The molecule has 20 heavy (non-hydrogen) atoms. The summed E-state index contributed by atoms with van der Waals surface area (Å²) in [6, 6.07) is 6.23. The predicted molar refractivity (Wildman–Crippen MR) is 74.6 cm³/mol. The summed E-state index contributed by atoms with van der Waals surface area (Å²) in [5.41, 5.74) is 0. The molecule has 2 fully saturated rings. The van der Waals surface area contributed by atoms with Crippen LogP contribution in [0, 0.1) is 0 Å². The highest BCUT2D eigenvalue weighted by molar-refractivity contribution is 5.08. The molecule has 1 saturated heterocycles. The van der Waals surface area contributed by atoms with E-state index in [-0.39, 0.29) is 5.79 Å². The van der Waals surface area contributed by atoms with Crippen LogP contribution in [-0.2, 0) is 9.47 Å². The number of nitrogens with zero attached hydrogens (tertiary/aromatic N) is 1. The molecule has 110 valence electrons. The van der Waals surface area contributed by atoms with Crippen LogP contribution in [0.4, 0.5) is 0 Å². The van der Waals surface area contributed by atoms with Crippen molar-refractivity contribution >= 4 is 0 Å². The lowest BCUT2D eigenvalue weighted by Gasteiger charge is -2.35. The zero-order chi connectivity index (χ0) is 13.7. The predicted octanol–water partition coefficient (Wildman–Crippen LogP) is 1.74. The van der Waals surface area contributed by atoms with Gasteiger partial charge in [0.25, 0.3) is 0 Å². The molecule has 0 radical (unpaired) electrons. The van der Waals surface area contributed by atoms with Crippen LogP contribution in [0.3, 0.4) is 0 Å². The van der Waals surface area contributed by atoms with Crippen LogP contribution < -0.4 is 10.1 Å². The third kappa shape index (κ3) is 3.48. The molecule has 1 aromatic heterocycles. The van der Waals surface area contributed by atoms with Gasteiger partial charge in [0.1, 0.15) is 6.61 Å². The van der Waals surface area contributed by atoms with Crippen LogP contribution in [0.25, 0.3) is 0 Å². The van der Waals surface area contributed by atoms with Gasteiger partial charge in [-0.25, -0.2) is 4.98 Å². The van der Waals surface area contributed by atoms with Crippen molar-refractivity contribution in [1.29, 1.82) is 0 Å². The maximum atomic E-state index is 5.73. The summed E-state index contributed by atoms with van der Waals surface area (Å²) in [4.78, 5) is 4.13. The molecule has 0 bridgehead atoms. The van der Waals surface area contributed by atoms with Gasteiger partial charge in [-0.05, 0) is 18.9 Å². The van der Waals surface area contributed by atoms with Gasteiger partial charge in [0.15, 0.2) is 5.79 Å². The van der Waals surface area contributed by atoms with Crippen molar-refractivity contribution in [3.63, 3.8) is 0 Å². The molecule has 3 rings (SSSR count). The highest BCUT2D eigenvalue weighted by Crippen LogP contribution is 2.35. The van der Waals surface area contributed by atoms with Crippen molar-refractivity contribution in [3.05, 3.63) is 24.4 Å². The Morgan fingerprint density at radius 2 is 2.05 bits per heavy atom. The molecular weight excluding hydrogens is 256 g/mol. The van der Waals surface area contributed by atoms with Gasteiger partial charge in [-0.3, -0.25) is 0 Å². The van der Waals surface area contributed by atoms with Gasteiger partial charge in [-0.15, -0.1) is 0 Å². The van der Waals surface area contributed by atoms with Gasteiger partial charge in [0.2, 0.25) is 5.88 Å². The average molecular weight is 278 g/mol. The number of aromatic nitrogens is 1. The molecule has 0 unspecified atom stereocenters. The number of hydrogen-bond donors (Lipinski definition) is 1. The first-order chi connectivity index (χ1) is 9.86. The fraction of sp³-hybridized carbons (Fsp3) is 0.667. The Bertz CT molecular complexity index is 397. The number of nitrogens with one attached hydrogen (secondary N) is 1. The van der Waals surface area contributed by atoms with E-state index < -0.39 is 0 Å². The van der Waals surface area contributed by atoms with Crippen LogP contribution in [0.1, 0.15) is 25.7 Å². The van der Waals surface area contributed by atoms with Gasteiger partial charge in [-0.2, -0.15) is 0 Å². The van der Waals surface area contributed by atoms with E-state index in [4.69, 9.17) is 14.2 Å². The standard InChI is InChI=1S/C15H22N2O3/c1-2-8-17-14(3-1)18-10-9-16-13-4-6-15(7-5-13)19-11-12-20-15/h1-3,8,13,16H,4-7,9-12H2. The van der Waals surface area contributed by atoms with Gasteiger partial charge >= 0.3 is 0 Å². The summed E-state index contributed by atoms with van der Waals surface area (Å²) in [6.07, 6.45) is 5.93. The Morgan fingerprint density at radius 3 is 2.75 bits per heavy atom. The van der Waals surface area contributed by atoms with Crippen molar-refractivity contribution in [2.75, 3.05) is 26.4 Å². The fourth-order valence-electron chi connectivity index (χ4n) is 2.90. The van der Waals surface area contributed by atoms with Crippen molar-refractivity contribution in [2.24, 2.45) is 0 Å². The summed E-state index contributed by atoms with van der Waals surface area (Å²) >= 11 is 0. The van der Waals surface area contributed by atoms with E-state index in [2.05, 4.69) is 10.3 Å². The van der Waals surface area contributed by atoms with Crippen LogP contribution in [-0.4, -0.2) is 43.2 Å². The Kier molecular flexibility index (Phi) is 4.50. The van der Waals surface area contributed by atoms with E-state index in [9.17, 15) is 0 Å². The van der Waals surface area contributed by atoms with Gasteiger partial charge in [0.05, 0.1) is 13.2 Å². The molecule has 0 amide bonds. The summed E-state index contributed by atoms with van der Waals surface area (Å²) in [5, 5.41) is 3.53. The van der Waals surface area contributed by atoms with Crippen molar-refractivity contribution in [1.82, 2.24) is 10.3 Å². The van der Waals surface area contributed by atoms with Crippen LogP contribution in [0.15, 0.2) is 24.4 Å². The largest absolute Gasteiger partial charge is 0.476 e. The number of ether oxygens (including phenoxy) is 3.